The maximum atomic E-state index is 13.1. The van der Waals surface area contributed by atoms with E-state index >= 15 is 0 Å². The van der Waals surface area contributed by atoms with Crippen LogP contribution in [0.25, 0.3) is 10.9 Å². The second-order valence-corrected chi connectivity index (χ2v) is 8.49. The van der Waals surface area contributed by atoms with E-state index in [-0.39, 0.29) is 5.91 Å². The minimum absolute atomic E-state index is 0.0716. The van der Waals surface area contributed by atoms with Crippen molar-refractivity contribution in [3.63, 3.8) is 0 Å². The van der Waals surface area contributed by atoms with Crippen LogP contribution in [0.3, 0.4) is 0 Å². The molecule has 0 unspecified atom stereocenters. The van der Waals surface area contributed by atoms with Crippen LogP contribution in [0.2, 0.25) is 0 Å². The minimum Gasteiger partial charge on any atom is -0.467 e. The van der Waals surface area contributed by atoms with Crippen LogP contribution in [0.1, 0.15) is 39.5 Å². The molecule has 0 saturated carbocycles. The van der Waals surface area contributed by atoms with Gasteiger partial charge in [-0.2, -0.15) is 5.10 Å². The Morgan fingerprint density at radius 3 is 3.00 bits per heavy atom. The van der Waals surface area contributed by atoms with Gasteiger partial charge in [-0.1, -0.05) is 18.2 Å². The molecule has 1 aliphatic rings. The summed E-state index contributed by atoms with van der Waals surface area (Å²) in [6, 6.07) is 14.3. The van der Waals surface area contributed by atoms with Crippen molar-refractivity contribution in [1.82, 2.24) is 25.0 Å². The van der Waals surface area contributed by atoms with Crippen molar-refractivity contribution in [1.29, 1.82) is 0 Å². The molecule has 1 aromatic carbocycles. The molecule has 1 amide bonds. The second kappa shape index (κ2) is 8.59. The first-order valence-corrected chi connectivity index (χ1v) is 11.0. The molecule has 1 atom stereocenters. The van der Waals surface area contributed by atoms with Crippen molar-refractivity contribution in [2.45, 2.75) is 38.4 Å². The molecule has 7 nitrogen and oxygen atoms in total. The Labute approximate surface area is 187 Å². The zero-order chi connectivity index (χ0) is 22.1. The molecular weight excluding hydrogens is 402 g/mol. The molecule has 0 spiro atoms. The first kappa shape index (κ1) is 20.5. The van der Waals surface area contributed by atoms with Gasteiger partial charge in [0.2, 0.25) is 0 Å². The molecule has 32 heavy (non-hydrogen) atoms. The van der Waals surface area contributed by atoms with Gasteiger partial charge in [0, 0.05) is 49.5 Å². The SMILES string of the molecule is CN(Cc1ccco1)C(=O)c1nn(C)c2c1C[C@H](NCc1cnc3ccccc3c1)CC2. The van der Waals surface area contributed by atoms with Crippen LogP contribution in [0.4, 0.5) is 0 Å². The number of furan rings is 1. The molecule has 164 valence electrons. The number of nitrogens with zero attached hydrogens (tertiary/aromatic N) is 4. The number of para-hydroxylation sites is 1. The van der Waals surface area contributed by atoms with Gasteiger partial charge in [0.25, 0.3) is 5.91 Å². The zero-order valence-corrected chi connectivity index (χ0v) is 18.4. The average molecular weight is 430 g/mol. The highest BCUT2D eigenvalue weighted by Crippen LogP contribution is 2.26. The van der Waals surface area contributed by atoms with Crippen LogP contribution in [-0.2, 0) is 33.0 Å². The highest BCUT2D eigenvalue weighted by Gasteiger charge is 2.29. The summed E-state index contributed by atoms with van der Waals surface area (Å²) in [5.41, 5.74) is 4.94. The number of hydrogen-bond acceptors (Lipinski definition) is 5. The van der Waals surface area contributed by atoms with Gasteiger partial charge in [0.15, 0.2) is 5.69 Å². The lowest BCUT2D eigenvalue weighted by molar-refractivity contribution is 0.0767. The summed E-state index contributed by atoms with van der Waals surface area (Å²) in [6.45, 7) is 1.17. The Bertz CT molecular complexity index is 1240. The van der Waals surface area contributed by atoms with Gasteiger partial charge in [-0.25, -0.2) is 0 Å². The van der Waals surface area contributed by atoms with Gasteiger partial charge in [0.1, 0.15) is 5.76 Å². The number of carbonyl (C=O) groups excluding carboxylic acids is 1. The maximum absolute atomic E-state index is 13.1. The number of aryl methyl sites for hydroxylation is 1. The third-order valence-corrected chi connectivity index (χ3v) is 6.22. The Morgan fingerprint density at radius 1 is 1.28 bits per heavy atom. The molecule has 0 aliphatic heterocycles. The predicted molar refractivity (Wildman–Crippen MR) is 122 cm³/mol. The lowest BCUT2D eigenvalue weighted by Crippen LogP contribution is -2.35. The first-order chi connectivity index (χ1) is 15.6. The Hall–Kier alpha value is -3.45. The number of amides is 1. The number of rotatable bonds is 6. The van der Waals surface area contributed by atoms with E-state index in [1.807, 2.05) is 48.3 Å². The quantitative estimate of drug-likeness (QED) is 0.508. The largest absolute Gasteiger partial charge is 0.467 e. The van der Waals surface area contributed by atoms with Crippen LogP contribution in [0.5, 0.6) is 0 Å². The number of hydrogen-bond donors (Lipinski definition) is 1. The Morgan fingerprint density at radius 2 is 2.16 bits per heavy atom. The van der Waals surface area contributed by atoms with E-state index in [2.05, 4.69) is 27.5 Å². The van der Waals surface area contributed by atoms with Gasteiger partial charge in [0.05, 0.1) is 18.3 Å². The number of nitrogens with one attached hydrogen (secondary N) is 1. The summed E-state index contributed by atoms with van der Waals surface area (Å²) in [5, 5.41) is 9.40. The third kappa shape index (κ3) is 4.03. The minimum atomic E-state index is -0.0716. The Kier molecular flexibility index (Phi) is 5.49. The summed E-state index contributed by atoms with van der Waals surface area (Å²) in [5.74, 6) is 0.687. The van der Waals surface area contributed by atoms with Crippen LogP contribution >= 0.6 is 0 Å². The number of carbonyl (C=O) groups is 1. The number of fused-ring (bicyclic) bond motifs is 2. The molecule has 1 N–H and O–H groups in total. The van der Waals surface area contributed by atoms with Crippen LogP contribution in [0.15, 0.2) is 59.3 Å². The van der Waals surface area contributed by atoms with Crippen molar-refractivity contribution in [3.8, 4) is 0 Å². The summed E-state index contributed by atoms with van der Waals surface area (Å²) in [6.07, 6.45) is 6.27. The van der Waals surface area contributed by atoms with Crippen molar-refractivity contribution < 1.29 is 9.21 Å². The van der Waals surface area contributed by atoms with Gasteiger partial charge < -0.3 is 14.6 Å². The van der Waals surface area contributed by atoms with Crippen LogP contribution in [0, 0.1) is 0 Å². The molecule has 0 fully saturated rings. The van der Waals surface area contributed by atoms with E-state index in [9.17, 15) is 4.79 Å². The van der Waals surface area contributed by atoms with Crippen molar-refractivity contribution >= 4 is 16.8 Å². The highest BCUT2D eigenvalue weighted by molar-refractivity contribution is 5.94. The van der Waals surface area contributed by atoms with Crippen LogP contribution in [-0.4, -0.2) is 38.7 Å². The summed E-state index contributed by atoms with van der Waals surface area (Å²) in [7, 11) is 3.72. The average Bonchev–Trinajstić information content (AvgIpc) is 3.44. The van der Waals surface area contributed by atoms with Crippen molar-refractivity contribution in [2.75, 3.05) is 7.05 Å². The molecule has 1 aliphatic carbocycles. The van der Waals surface area contributed by atoms with E-state index < -0.39 is 0 Å². The van der Waals surface area contributed by atoms with Crippen molar-refractivity contribution in [2.24, 2.45) is 7.05 Å². The number of benzene rings is 1. The predicted octanol–water partition coefficient (Wildman–Crippen LogP) is 3.48. The van der Waals surface area contributed by atoms with Gasteiger partial charge in [-0.3, -0.25) is 14.5 Å². The number of pyridine rings is 1. The Balaban J connectivity index is 1.28. The molecule has 3 heterocycles. The fourth-order valence-corrected chi connectivity index (χ4v) is 4.50. The summed E-state index contributed by atoms with van der Waals surface area (Å²) < 4.78 is 7.26. The van der Waals surface area contributed by atoms with E-state index in [1.165, 1.54) is 0 Å². The maximum Gasteiger partial charge on any atom is 0.274 e. The zero-order valence-electron chi connectivity index (χ0n) is 18.4. The fourth-order valence-electron chi connectivity index (χ4n) is 4.50. The number of aromatic nitrogens is 3. The molecule has 7 heteroatoms. The monoisotopic (exact) mass is 429 g/mol. The standard InChI is InChI=1S/C25H27N5O2/c1-29(16-20-7-5-11-32-20)25(31)24-21-13-19(9-10-23(21)30(2)28-24)26-14-17-12-18-6-3-4-8-22(18)27-15-17/h3-8,11-12,15,19,26H,9-10,13-14,16H2,1-2H3/t19-/m1/s1. The first-order valence-electron chi connectivity index (χ1n) is 11.0. The van der Waals surface area contributed by atoms with E-state index in [1.54, 1.807) is 18.2 Å². The normalized spacial score (nSPS) is 15.6. The third-order valence-electron chi connectivity index (χ3n) is 6.22. The molecule has 3 aromatic heterocycles. The molecule has 5 rings (SSSR count). The molecule has 0 radical (unpaired) electrons. The molecule has 0 bridgehead atoms. The summed E-state index contributed by atoms with van der Waals surface area (Å²) in [4.78, 5) is 19.4. The van der Waals surface area contributed by atoms with E-state index in [0.717, 1.165) is 59.3 Å². The highest BCUT2D eigenvalue weighted by atomic mass is 16.3. The molecule has 4 aromatic rings. The summed E-state index contributed by atoms with van der Waals surface area (Å²) >= 11 is 0. The topological polar surface area (TPSA) is 76.2 Å². The molecular formula is C25H27N5O2. The van der Waals surface area contributed by atoms with Gasteiger partial charge in [-0.15, -0.1) is 0 Å². The van der Waals surface area contributed by atoms with Gasteiger partial charge in [-0.05, 0) is 49.1 Å². The van der Waals surface area contributed by atoms with E-state index in [0.29, 0.717) is 18.3 Å². The van der Waals surface area contributed by atoms with Crippen LogP contribution < -0.4 is 5.32 Å². The lowest BCUT2D eigenvalue weighted by Gasteiger charge is -2.25. The fraction of sp³-hybridized carbons (Fsp3) is 0.320. The van der Waals surface area contributed by atoms with Gasteiger partial charge >= 0.3 is 0 Å². The lowest BCUT2D eigenvalue weighted by atomic mass is 9.91. The van der Waals surface area contributed by atoms with E-state index in [4.69, 9.17) is 4.42 Å². The smallest absolute Gasteiger partial charge is 0.274 e. The molecule has 0 saturated heterocycles. The second-order valence-electron chi connectivity index (χ2n) is 8.49. The van der Waals surface area contributed by atoms with Crippen molar-refractivity contribution in [3.05, 3.63) is 83.2 Å².